The molecule has 0 fully saturated rings. The third-order valence-corrected chi connectivity index (χ3v) is 4.99. The maximum atomic E-state index is 14.2. The number of aryl methyl sites for hydroxylation is 1. The van der Waals surface area contributed by atoms with E-state index in [1.807, 2.05) is 0 Å². The van der Waals surface area contributed by atoms with Crippen molar-refractivity contribution in [3.05, 3.63) is 71.4 Å². The molecule has 1 aromatic heterocycles. The standard InChI is InChI=1S/C19H13F2N3O2S/c1-11-4-5-12(7-14(11)10-22)18-15(3-2-6-24-18)13-8-16(20)19(17(21)9-13)27(23,25)26/h2-9H,1H3,(H2,23,25,26). The molecule has 1 heterocycles. The number of aromatic nitrogens is 1. The molecule has 2 aromatic carbocycles. The lowest BCUT2D eigenvalue weighted by molar-refractivity contribution is 0.520. The van der Waals surface area contributed by atoms with Gasteiger partial charge in [-0.15, -0.1) is 0 Å². The Kier molecular flexibility index (Phi) is 4.74. The highest BCUT2D eigenvalue weighted by molar-refractivity contribution is 7.89. The predicted octanol–water partition coefficient (Wildman–Crippen LogP) is 3.52. The number of nitriles is 1. The minimum Gasteiger partial charge on any atom is -0.256 e. The first-order chi connectivity index (χ1) is 12.7. The van der Waals surface area contributed by atoms with Gasteiger partial charge in [0.05, 0.1) is 17.3 Å². The normalized spacial score (nSPS) is 11.2. The minimum absolute atomic E-state index is 0.0968. The van der Waals surface area contributed by atoms with Crippen LogP contribution < -0.4 is 5.14 Å². The third-order valence-electron chi connectivity index (χ3n) is 4.03. The van der Waals surface area contributed by atoms with Crippen molar-refractivity contribution < 1.29 is 17.2 Å². The Morgan fingerprint density at radius 1 is 1.07 bits per heavy atom. The lowest BCUT2D eigenvalue weighted by Gasteiger charge is -2.12. The number of rotatable bonds is 3. The van der Waals surface area contributed by atoms with Crippen molar-refractivity contribution in [2.45, 2.75) is 11.8 Å². The first kappa shape index (κ1) is 18.6. The Balaban J connectivity index is 2.23. The van der Waals surface area contributed by atoms with Gasteiger partial charge in [0.15, 0.2) is 4.90 Å². The quantitative estimate of drug-likeness (QED) is 0.746. The van der Waals surface area contributed by atoms with E-state index < -0.39 is 26.6 Å². The molecular weight excluding hydrogens is 372 g/mol. The van der Waals surface area contributed by atoms with Crippen molar-refractivity contribution in [1.82, 2.24) is 4.98 Å². The highest BCUT2D eigenvalue weighted by Crippen LogP contribution is 2.33. The zero-order valence-electron chi connectivity index (χ0n) is 14.1. The van der Waals surface area contributed by atoms with Crippen LogP contribution in [0.3, 0.4) is 0 Å². The van der Waals surface area contributed by atoms with Gasteiger partial charge in [-0.2, -0.15) is 5.26 Å². The molecule has 3 aromatic rings. The third kappa shape index (κ3) is 3.56. The summed E-state index contributed by atoms with van der Waals surface area (Å²) in [5.74, 6) is -2.58. The summed E-state index contributed by atoms with van der Waals surface area (Å²) in [7, 11) is -4.54. The van der Waals surface area contributed by atoms with Crippen LogP contribution in [0, 0.1) is 29.9 Å². The van der Waals surface area contributed by atoms with E-state index in [0.29, 0.717) is 22.4 Å². The summed E-state index contributed by atoms with van der Waals surface area (Å²) in [4.78, 5) is 3.08. The summed E-state index contributed by atoms with van der Waals surface area (Å²) in [6.45, 7) is 1.79. The number of primary sulfonamides is 1. The topological polar surface area (TPSA) is 96.8 Å². The van der Waals surface area contributed by atoms with E-state index in [4.69, 9.17) is 5.14 Å². The van der Waals surface area contributed by atoms with E-state index in [1.54, 1.807) is 37.3 Å². The molecule has 136 valence electrons. The summed E-state index contributed by atoms with van der Waals surface area (Å²) >= 11 is 0. The summed E-state index contributed by atoms with van der Waals surface area (Å²) < 4.78 is 51.2. The second kappa shape index (κ2) is 6.87. The van der Waals surface area contributed by atoms with Crippen molar-refractivity contribution in [2.24, 2.45) is 5.14 Å². The van der Waals surface area contributed by atoms with Gasteiger partial charge in [-0.05, 0) is 42.3 Å². The number of halogens is 2. The van der Waals surface area contributed by atoms with E-state index in [1.165, 1.54) is 6.20 Å². The molecule has 0 aliphatic carbocycles. The average Bonchev–Trinajstić information content (AvgIpc) is 2.60. The summed E-state index contributed by atoms with van der Waals surface area (Å²) in [5.41, 5.74) is 2.70. The molecule has 27 heavy (non-hydrogen) atoms. The molecule has 0 amide bonds. The van der Waals surface area contributed by atoms with Crippen molar-refractivity contribution in [3.63, 3.8) is 0 Å². The molecule has 0 aliphatic heterocycles. The summed E-state index contributed by atoms with van der Waals surface area (Å²) in [5, 5.41) is 14.1. The maximum Gasteiger partial charge on any atom is 0.243 e. The van der Waals surface area contributed by atoms with Gasteiger partial charge < -0.3 is 0 Å². The van der Waals surface area contributed by atoms with Crippen LogP contribution in [0.1, 0.15) is 11.1 Å². The molecule has 0 spiro atoms. The van der Waals surface area contributed by atoms with E-state index >= 15 is 0 Å². The number of nitrogens with zero attached hydrogens (tertiary/aromatic N) is 2. The highest BCUT2D eigenvalue weighted by atomic mass is 32.2. The number of benzene rings is 2. The molecule has 5 nitrogen and oxygen atoms in total. The van der Waals surface area contributed by atoms with Crippen LogP contribution in [-0.4, -0.2) is 13.4 Å². The molecule has 0 saturated carbocycles. The van der Waals surface area contributed by atoms with Gasteiger partial charge in [0.25, 0.3) is 0 Å². The van der Waals surface area contributed by atoms with Crippen LogP contribution in [0.15, 0.2) is 53.6 Å². The Labute approximate surface area is 154 Å². The molecule has 0 aliphatic rings. The van der Waals surface area contributed by atoms with Gasteiger partial charge in [0.2, 0.25) is 10.0 Å². The molecule has 0 unspecified atom stereocenters. The lowest BCUT2D eigenvalue weighted by atomic mass is 9.97. The van der Waals surface area contributed by atoms with Crippen LogP contribution in [0.4, 0.5) is 8.78 Å². The predicted molar refractivity (Wildman–Crippen MR) is 95.9 cm³/mol. The maximum absolute atomic E-state index is 14.2. The van der Waals surface area contributed by atoms with E-state index in [2.05, 4.69) is 11.1 Å². The molecular formula is C19H13F2N3O2S. The average molecular weight is 385 g/mol. The van der Waals surface area contributed by atoms with Crippen molar-refractivity contribution in [1.29, 1.82) is 5.26 Å². The Hall–Kier alpha value is -3.15. The van der Waals surface area contributed by atoms with Crippen LogP contribution in [-0.2, 0) is 10.0 Å². The fourth-order valence-electron chi connectivity index (χ4n) is 2.75. The lowest BCUT2D eigenvalue weighted by Crippen LogP contribution is -2.16. The molecule has 0 saturated heterocycles. The Bertz CT molecular complexity index is 1180. The van der Waals surface area contributed by atoms with Crippen LogP contribution >= 0.6 is 0 Å². The van der Waals surface area contributed by atoms with Crippen molar-refractivity contribution in [2.75, 3.05) is 0 Å². The van der Waals surface area contributed by atoms with Crippen LogP contribution in [0.2, 0.25) is 0 Å². The number of nitrogens with two attached hydrogens (primary N) is 1. The first-order valence-corrected chi connectivity index (χ1v) is 9.25. The van der Waals surface area contributed by atoms with E-state index in [9.17, 15) is 22.5 Å². The number of hydrogen-bond acceptors (Lipinski definition) is 4. The van der Waals surface area contributed by atoms with Crippen molar-refractivity contribution >= 4 is 10.0 Å². The zero-order valence-corrected chi connectivity index (χ0v) is 14.9. The fourth-order valence-corrected chi connectivity index (χ4v) is 3.41. The summed E-state index contributed by atoms with van der Waals surface area (Å²) in [6, 6.07) is 12.2. The van der Waals surface area contributed by atoms with E-state index in [0.717, 1.165) is 17.7 Å². The van der Waals surface area contributed by atoms with Crippen molar-refractivity contribution in [3.8, 4) is 28.5 Å². The molecule has 0 atom stereocenters. The largest absolute Gasteiger partial charge is 0.256 e. The number of pyridine rings is 1. The van der Waals surface area contributed by atoms with Crippen LogP contribution in [0.25, 0.3) is 22.4 Å². The van der Waals surface area contributed by atoms with Gasteiger partial charge in [-0.25, -0.2) is 22.3 Å². The molecule has 3 rings (SSSR count). The minimum atomic E-state index is -4.54. The van der Waals surface area contributed by atoms with Gasteiger partial charge in [-0.1, -0.05) is 18.2 Å². The Morgan fingerprint density at radius 2 is 1.74 bits per heavy atom. The van der Waals surface area contributed by atoms with Gasteiger partial charge >= 0.3 is 0 Å². The molecule has 2 N–H and O–H groups in total. The highest BCUT2D eigenvalue weighted by Gasteiger charge is 2.22. The van der Waals surface area contributed by atoms with Crippen LogP contribution in [0.5, 0.6) is 0 Å². The number of hydrogen-bond donors (Lipinski definition) is 1. The monoisotopic (exact) mass is 385 g/mol. The number of sulfonamides is 1. The molecule has 0 radical (unpaired) electrons. The SMILES string of the molecule is Cc1ccc(-c2ncccc2-c2cc(F)c(S(N)(=O)=O)c(F)c2)cc1C#N. The first-order valence-electron chi connectivity index (χ1n) is 7.70. The second-order valence-corrected chi connectivity index (χ2v) is 7.35. The molecule has 8 heteroatoms. The smallest absolute Gasteiger partial charge is 0.243 e. The summed E-state index contributed by atoms with van der Waals surface area (Å²) in [6.07, 6.45) is 1.51. The van der Waals surface area contributed by atoms with Gasteiger partial charge in [-0.3, -0.25) is 4.98 Å². The molecule has 0 bridgehead atoms. The fraction of sp³-hybridized carbons (Fsp3) is 0.0526. The van der Waals surface area contributed by atoms with E-state index in [-0.39, 0.29) is 5.56 Å². The second-order valence-electron chi connectivity index (χ2n) is 5.86. The Morgan fingerprint density at radius 3 is 2.33 bits per heavy atom. The van der Waals surface area contributed by atoms with Gasteiger partial charge in [0, 0.05) is 17.3 Å². The van der Waals surface area contributed by atoms with Gasteiger partial charge in [0.1, 0.15) is 11.6 Å². The zero-order chi connectivity index (χ0) is 19.8.